The molecule has 112 valence electrons. The van der Waals surface area contributed by atoms with Crippen molar-refractivity contribution < 1.29 is 28.5 Å². The van der Waals surface area contributed by atoms with E-state index in [1.807, 2.05) is 0 Å². The number of ether oxygens (including phenoxy) is 3. The van der Waals surface area contributed by atoms with E-state index >= 15 is 0 Å². The van der Waals surface area contributed by atoms with Crippen molar-refractivity contribution >= 4 is 11.7 Å². The maximum absolute atomic E-state index is 13.5. The van der Waals surface area contributed by atoms with Gasteiger partial charge in [0.15, 0.2) is 11.6 Å². The fourth-order valence-electron chi connectivity index (χ4n) is 1.45. The Morgan fingerprint density at radius 3 is 2.70 bits per heavy atom. The number of benzene rings is 1. The van der Waals surface area contributed by atoms with Crippen LogP contribution in [0.3, 0.4) is 0 Å². The number of nitrogens with two attached hydrogens (primary N) is 1. The number of carboxylic acids is 1. The maximum atomic E-state index is 13.5. The zero-order chi connectivity index (χ0) is 15.0. The molecule has 0 unspecified atom stereocenters. The average Bonchev–Trinajstić information content (AvgIpc) is 2.39. The third kappa shape index (κ3) is 5.02. The van der Waals surface area contributed by atoms with E-state index in [0.29, 0.717) is 26.2 Å². The quantitative estimate of drug-likeness (QED) is 0.529. The maximum Gasteiger partial charge on any atom is 0.337 e. The lowest BCUT2D eigenvalue weighted by Gasteiger charge is -2.10. The van der Waals surface area contributed by atoms with Gasteiger partial charge in [-0.05, 0) is 6.07 Å². The van der Waals surface area contributed by atoms with Gasteiger partial charge in [0.1, 0.15) is 0 Å². The van der Waals surface area contributed by atoms with E-state index < -0.39 is 11.8 Å². The largest absolute Gasteiger partial charge is 0.490 e. The summed E-state index contributed by atoms with van der Waals surface area (Å²) in [5, 5.41) is 8.88. The highest BCUT2D eigenvalue weighted by Gasteiger charge is 2.14. The normalized spacial score (nSPS) is 10.5. The summed E-state index contributed by atoms with van der Waals surface area (Å²) in [4.78, 5) is 10.9. The van der Waals surface area contributed by atoms with Crippen molar-refractivity contribution in [2.45, 2.75) is 6.42 Å². The molecule has 1 rings (SSSR count). The SMILES string of the molecule is COCCOCCCOc1cc(C(=O)O)c(N)cc1F. The van der Waals surface area contributed by atoms with Crippen molar-refractivity contribution in [3.05, 3.63) is 23.5 Å². The van der Waals surface area contributed by atoms with Crippen LogP contribution >= 0.6 is 0 Å². The fourth-order valence-corrected chi connectivity index (χ4v) is 1.45. The lowest BCUT2D eigenvalue weighted by Crippen LogP contribution is -2.09. The molecule has 7 heteroatoms. The van der Waals surface area contributed by atoms with Gasteiger partial charge in [0, 0.05) is 31.9 Å². The van der Waals surface area contributed by atoms with Crippen LogP contribution in [0.4, 0.5) is 10.1 Å². The summed E-state index contributed by atoms with van der Waals surface area (Å²) >= 11 is 0. The second kappa shape index (κ2) is 8.34. The fraction of sp³-hybridized carbons (Fsp3) is 0.462. The Hall–Kier alpha value is -1.86. The van der Waals surface area contributed by atoms with Gasteiger partial charge in [0.05, 0.1) is 25.4 Å². The Bertz CT molecular complexity index is 453. The summed E-state index contributed by atoms with van der Waals surface area (Å²) in [5.41, 5.74) is 5.09. The van der Waals surface area contributed by atoms with E-state index in [4.69, 9.17) is 25.1 Å². The number of carbonyl (C=O) groups is 1. The van der Waals surface area contributed by atoms with Crippen LogP contribution in [-0.4, -0.2) is 44.6 Å². The predicted octanol–water partition coefficient (Wildman–Crippen LogP) is 1.54. The van der Waals surface area contributed by atoms with Gasteiger partial charge in [0.25, 0.3) is 0 Å². The molecule has 0 aromatic heterocycles. The highest BCUT2D eigenvalue weighted by molar-refractivity contribution is 5.94. The third-order valence-corrected chi connectivity index (χ3v) is 2.46. The molecular weight excluding hydrogens is 269 g/mol. The van der Waals surface area contributed by atoms with Crippen LogP contribution in [-0.2, 0) is 9.47 Å². The van der Waals surface area contributed by atoms with Gasteiger partial charge in [-0.2, -0.15) is 0 Å². The number of nitrogen functional groups attached to an aromatic ring is 1. The molecule has 6 nitrogen and oxygen atoms in total. The number of methoxy groups -OCH3 is 1. The number of halogens is 1. The minimum absolute atomic E-state index is 0.131. The lowest BCUT2D eigenvalue weighted by atomic mass is 10.1. The Balaban J connectivity index is 2.44. The smallest absolute Gasteiger partial charge is 0.337 e. The third-order valence-electron chi connectivity index (χ3n) is 2.46. The van der Waals surface area contributed by atoms with Crippen LogP contribution in [0.1, 0.15) is 16.8 Å². The van der Waals surface area contributed by atoms with Gasteiger partial charge in [-0.3, -0.25) is 0 Å². The molecule has 0 radical (unpaired) electrons. The first kappa shape index (κ1) is 16.2. The molecular formula is C13H18FNO5. The average molecular weight is 287 g/mol. The van der Waals surface area contributed by atoms with Crippen LogP contribution in [0.5, 0.6) is 5.75 Å². The van der Waals surface area contributed by atoms with Crippen LogP contribution < -0.4 is 10.5 Å². The zero-order valence-corrected chi connectivity index (χ0v) is 11.2. The van der Waals surface area contributed by atoms with Crippen LogP contribution in [0.2, 0.25) is 0 Å². The van der Waals surface area contributed by atoms with Crippen molar-refractivity contribution in [2.75, 3.05) is 39.3 Å². The van der Waals surface area contributed by atoms with Crippen molar-refractivity contribution in [2.24, 2.45) is 0 Å². The van der Waals surface area contributed by atoms with Gasteiger partial charge in [-0.1, -0.05) is 0 Å². The van der Waals surface area contributed by atoms with Crippen molar-refractivity contribution in [1.82, 2.24) is 0 Å². The predicted molar refractivity (Wildman–Crippen MR) is 70.6 cm³/mol. The first-order chi connectivity index (χ1) is 9.56. The lowest BCUT2D eigenvalue weighted by molar-refractivity contribution is 0.0641. The number of anilines is 1. The van der Waals surface area contributed by atoms with Gasteiger partial charge in [0.2, 0.25) is 0 Å². The van der Waals surface area contributed by atoms with Gasteiger partial charge in [-0.15, -0.1) is 0 Å². The Morgan fingerprint density at radius 2 is 2.05 bits per heavy atom. The molecule has 0 saturated heterocycles. The van der Waals surface area contributed by atoms with E-state index in [-0.39, 0.29) is 23.6 Å². The molecule has 0 saturated carbocycles. The summed E-state index contributed by atoms with van der Waals surface area (Å²) in [7, 11) is 1.58. The molecule has 0 bridgehead atoms. The number of carboxylic acid groups (broad SMARTS) is 1. The summed E-state index contributed by atoms with van der Waals surface area (Å²) in [6.07, 6.45) is 0.552. The topological polar surface area (TPSA) is 91.0 Å². The van der Waals surface area contributed by atoms with E-state index in [1.54, 1.807) is 7.11 Å². The summed E-state index contributed by atoms with van der Waals surface area (Å²) < 4.78 is 28.7. The highest BCUT2D eigenvalue weighted by atomic mass is 19.1. The minimum Gasteiger partial charge on any atom is -0.490 e. The Labute approximate surface area is 116 Å². The molecule has 0 heterocycles. The molecule has 0 fully saturated rings. The first-order valence-electron chi connectivity index (χ1n) is 6.08. The molecule has 0 aliphatic carbocycles. The number of aromatic carboxylic acids is 1. The van der Waals surface area contributed by atoms with Crippen molar-refractivity contribution in [3.8, 4) is 5.75 Å². The second-order valence-corrected chi connectivity index (χ2v) is 3.98. The number of hydrogen-bond acceptors (Lipinski definition) is 5. The Kier molecular flexibility index (Phi) is 6.75. The molecule has 1 aromatic rings. The standard InChI is InChI=1S/C13H18FNO5/c1-18-5-6-19-3-2-4-20-12-7-9(13(16)17)11(15)8-10(12)14/h7-8H,2-6,15H2,1H3,(H,16,17). The van der Waals surface area contributed by atoms with E-state index in [1.165, 1.54) is 0 Å². The molecule has 20 heavy (non-hydrogen) atoms. The second-order valence-electron chi connectivity index (χ2n) is 3.98. The van der Waals surface area contributed by atoms with E-state index in [0.717, 1.165) is 12.1 Å². The van der Waals surface area contributed by atoms with Crippen LogP contribution in [0.25, 0.3) is 0 Å². The number of rotatable bonds is 9. The van der Waals surface area contributed by atoms with Crippen LogP contribution in [0.15, 0.2) is 12.1 Å². The molecule has 0 amide bonds. The number of hydrogen-bond donors (Lipinski definition) is 2. The van der Waals surface area contributed by atoms with Crippen LogP contribution in [0, 0.1) is 5.82 Å². The van der Waals surface area contributed by atoms with Gasteiger partial charge < -0.3 is 25.1 Å². The molecule has 3 N–H and O–H groups in total. The van der Waals surface area contributed by atoms with Crippen molar-refractivity contribution in [3.63, 3.8) is 0 Å². The summed E-state index contributed by atoms with van der Waals surface area (Å²) in [5.74, 6) is -2.04. The summed E-state index contributed by atoms with van der Waals surface area (Å²) in [6.45, 7) is 1.66. The van der Waals surface area contributed by atoms with Gasteiger partial charge >= 0.3 is 5.97 Å². The Morgan fingerprint density at radius 1 is 1.30 bits per heavy atom. The minimum atomic E-state index is -1.23. The van der Waals surface area contributed by atoms with Crippen molar-refractivity contribution in [1.29, 1.82) is 0 Å². The monoisotopic (exact) mass is 287 g/mol. The van der Waals surface area contributed by atoms with E-state index in [2.05, 4.69) is 0 Å². The molecule has 0 spiro atoms. The molecule has 1 aromatic carbocycles. The first-order valence-corrected chi connectivity index (χ1v) is 6.08. The summed E-state index contributed by atoms with van der Waals surface area (Å²) in [6, 6.07) is 2.02. The molecule has 0 atom stereocenters. The molecule has 0 aliphatic rings. The zero-order valence-electron chi connectivity index (χ0n) is 11.2. The highest BCUT2D eigenvalue weighted by Crippen LogP contribution is 2.24. The molecule has 0 aliphatic heterocycles. The van der Waals surface area contributed by atoms with E-state index in [9.17, 15) is 9.18 Å². The van der Waals surface area contributed by atoms with Gasteiger partial charge in [-0.25, -0.2) is 9.18 Å².